The van der Waals surface area contributed by atoms with Gasteiger partial charge in [-0.05, 0) is 36.9 Å². The van der Waals surface area contributed by atoms with Gasteiger partial charge in [0.1, 0.15) is 0 Å². The van der Waals surface area contributed by atoms with E-state index in [1.54, 1.807) is 7.11 Å². The maximum atomic E-state index is 5.90. The van der Waals surface area contributed by atoms with Gasteiger partial charge in [0.2, 0.25) is 0 Å². The lowest BCUT2D eigenvalue weighted by Gasteiger charge is -2.33. The highest BCUT2D eigenvalue weighted by Gasteiger charge is 2.22. The Kier molecular flexibility index (Phi) is 5.12. The van der Waals surface area contributed by atoms with Crippen molar-refractivity contribution in [3.05, 3.63) is 29.3 Å². The van der Waals surface area contributed by atoms with E-state index in [4.69, 9.17) is 9.47 Å². The minimum Gasteiger partial charge on any atom is -0.384 e. The van der Waals surface area contributed by atoms with Crippen LogP contribution in [-0.2, 0) is 22.4 Å². The molecule has 2 aliphatic rings. The Bertz CT molecular complexity index is 464. The number of methoxy groups -OCH3 is 1. The van der Waals surface area contributed by atoms with Crippen LogP contribution < -0.4 is 5.32 Å². The van der Waals surface area contributed by atoms with Gasteiger partial charge in [0.05, 0.1) is 19.3 Å². The summed E-state index contributed by atoms with van der Waals surface area (Å²) in [5, 5.41) is 3.54. The summed E-state index contributed by atoms with van der Waals surface area (Å²) in [6.07, 6.45) is 3.91. The van der Waals surface area contributed by atoms with Gasteiger partial charge in [-0.2, -0.15) is 0 Å². The zero-order chi connectivity index (χ0) is 14.5. The van der Waals surface area contributed by atoms with Crippen LogP contribution in [0.15, 0.2) is 18.2 Å². The van der Waals surface area contributed by atoms with Crippen molar-refractivity contribution in [1.82, 2.24) is 4.90 Å². The number of likely N-dealkylation sites (tertiary alicyclic amines) is 1. The quantitative estimate of drug-likeness (QED) is 0.815. The predicted octanol–water partition coefficient (Wildman–Crippen LogP) is 2.28. The summed E-state index contributed by atoms with van der Waals surface area (Å²) in [4.78, 5) is 2.52. The number of para-hydroxylation sites is 1. The van der Waals surface area contributed by atoms with Crippen LogP contribution in [0.3, 0.4) is 0 Å². The molecule has 1 aromatic rings. The fourth-order valence-electron chi connectivity index (χ4n) is 3.37. The Morgan fingerprint density at radius 3 is 3.19 bits per heavy atom. The first-order valence-electron chi connectivity index (χ1n) is 8.04. The second-order valence-corrected chi connectivity index (χ2v) is 5.99. The third kappa shape index (κ3) is 3.76. The lowest BCUT2D eigenvalue weighted by molar-refractivity contribution is -0.0223. The molecule has 2 heterocycles. The molecule has 4 nitrogen and oxygen atoms in total. The van der Waals surface area contributed by atoms with Crippen molar-refractivity contribution >= 4 is 5.69 Å². The molecule has 0 radical (unpaired) electrons. The van der Waals surface area contributed by atoms with Crippen LogP contribution in [0.4, 0.5) is 5.69 Å². The van der Waals surface area contributed by atoms with E-state index in [1.807, 2.05) is 0 Å². The highest BCUT2D eigenvalue weighted by Crippen LogP contribution is 2.28. The normalized spacial score (nSPS) is 22.0. The van der Waals surface area contributed by atoms with Gasteiger partial charge in [-0.15, -0.1) is 0 Å². The van der Waals surface area contributed by atoms with Crippen LogP contribution in [0, 0.1) is 0 Å². The molecule has 1 atom stereocenters. The number of ether oxygens (including phenoxy) is 2. The molecule has 2 aliphatic heterocycles. The maximum absolute atomic E-state index is 5.90. The van der Waals surface area contributed by atoms with E-state index >= 15 is 0 Å². The van der Waals surface area contributed by atoms with E-state index in [0.29, 0.717) is 19.3 Å². The molecule has 0 spiro atoms. The largest absolute Gasteiger partial charge is 0.384 e. The summed E-state index contributed by atoms with van der Waals surface area (Å²) in [6, 6.07) is 6.69. The highest BCUT2D eigenvalue weighted by atomic mass is 16.5. The zero-order valence-electron chi connectivity index (χ0n) is 12.9. The van der Waals surface area contributed by atoms with Crippen LogP contribution >= 0.6 is 0 Å². The molecule has 4 heteroatoms. The standard InChI is InChI=1S/C17H26N2O2/c1-20-10-11-21-16-6-3-9-19(13-16)12-15-5-2-4-14-7-8-18-17(14)15/h2,4-5,16,18H,3,6-13H2,1H3. The van der Waals surface area contributed by atoms with Gasteiger partial charge in [0.25, 0.3) is 0 Å². The van der Waals surface area contributed by atoms with Gasteiger partial charge in [-0.3, -0.25) is 4.90 Å². The van der Waals surface area contributed by atoms with Crippen LogP contribution in [0.5, 0.6) is 0 Å². The van der Waals surface area contributed by atoms with Crippen LogP contribution in [0.25, 0.3) is 0 Å². The molecule has 116 valence electrons. The average Bonchev–Trinajstić information content (AvgIpc) is 2.98. The van der Waals surface area contributed by atoms with Gasteiger partial charge >= 0.3 is 0 Å². The van der Waals surface area contributed by atoms with Crippen molar-refractivity contribution in [2.24, 2.45) is 0 Å². The van der Waals surface area contributed by atoms with Crippen LogP contribution in [0.2, 0.25) is 0 Å². The Hall–Kier alpha value is -1.10. The summed E-state index contributed by atoms with van der Waals surface area (Å²) in [6.45, 7) is 5.71. The molecule has 1 N–H and O–H groups in total. The highest BCUT2D eigenvalue weighted by molar-refractivity contribution is 5.61. The third-order valence-corrected chi connectivity index (χ3v) is 4.43. The van der Waals surface area contributed by atoms with Gasteiger partial charge in [-0.25, -0.2) is 0 Å². The minimum atomic E-state index is 0.360. The fourth-order valence-corrected chi connectivity index (χ4v) is 3.37. The summed E-state index contributed by atoms with van der Waals surface area (Å²) in [7, 11) is 1.72. The van der Waals surface area contributed by atoms with E-state index in [-0.39, 0.29) is 0 Å². The van der Waals surface area contributed by atoms with Gasteiger partial charge in [-0.1, -0.05) is 18.2 Å². The minimum absolute atomic E-state index is 0.360. The topological polar surface area (TPSA) is 33.7 Å². The Morgan fingerprint density at radius 1 is 1.33 bits per heavy atom. The van der Waals surface area contributed by atoms with Crippen molar-refractivity contribution < 1.29 is 9.47 Å². The van der Waals surface area contributed by atoms with Crippen LogP contribution in [-0.4, -0.2) is 51.0 Å². The first-order chi connectivity index (χ1) is 10.4. The number of hydrogen-bond acceptors (Lipinski definition) is 4. The van der Waals surface area contributed by atoms with Gasteiger partial charge in [0, 0.05) is 32.4 Å². The molecule has 0 saturated carbocycles. The van der Waals surface area contributed by atoms with E-state index in [9.17, 15) is 0 Å². The zero-order valence-corrected chi connectivity index (χ0v) is 12.9. The van der Waals surface area contributed by atoms with Crippen LogP contribution in [0.1, 0.15) is 24.0 Å². The number of rotatable bonds is 6. The molecular formula is C17H26N2O2. The Balaban J connectivity index is 1.56. The summed E-state index contributed by atoms with van der Waals surface area (Å²) >= 11 is 0. The summed E-state index contributed by atoms with van der Waals surface area (Å²) in [5.41, 5.74) is 4.28. The molecule has 3 rings (SSSR count). The molecule has 1 unspecified atom stereocenters. The number of nitrogens with one attached hydrogen (secondary N) is 1. The summed E-state index contributed by atoms with van der Waals surface area (Å²) < 4.78 is 11.0. The maximum Gasteiger partial charge on any atom is 0.0704 e. The monoisotopic (exact) mass is 290 g/mol. The van der Waals surface area contributed by atoms with E-state index in [2.05, 4.69) is 28.4 Å². The number of nitrogens with zero attached hydrogens (tertiary/aromatic N) is 1. The van der Waals surface area contributed by atoms with E-state index in [1.165, 1.54) is 36.2 Å². The molecule has 0 aliphatic carbocycles. The number of piperidine rings is 1. The molecule has 21 heavy (non-hydrogen) atoms. The lowest BCUT2D eigenvalue weighted by Crippen LogP contribution is -2.39. The van der Waals surface area contributed by atoms with Crippen molar-refractivity contribution in [3.8, 4) is 0 Å². The third-order valence-electron chi connectivity index (χ3n) is 4.43. The first kappa shape index (κ1) is 14.8. The van der Waals surface area contributed by atoms with Gasteiger partial charge in [0.15, 0.2) is 0 Å². The fraction of sp³-hybridized carbons (Fsp3) is 0.647. The average molecular weight is 290 g/mol. The van der Waals surface area contributed by atoms with Crippen molar-refractivity contribution in [2.75, 3.05) is 45.3 Å². The Labute approximate surface area is 127 Å². The molecule has 0 amide bonds. The predicted molar refractivity (Wildman–Crippen MR) is 84.8 cm³/mol. The molecule has 0 bridgehead atoms. The second kappa shape index (κ2) is 7.25. The molecule has 1 fully saturated rings. The number of benzene rings is 1. The SMILES string of the molecule is COCCOC1CCCN(Cc2cccc3c2NCC3)C1. The van der Waals surface area contributed by atoms with Crippen molar-refractivity contribution in [2.45, 2.75) is 31.9 Å². The molecule has 1 saturated heterocycles. The molecule has 0 aromatic heterocycles. The Morgan fingerprint density at radius 2 is 2.29 bits per heavy atom. The van der Waals surface area contributed by atoms with Crippen molar-refractivity contribution in [1.29, 1.82) is 0 Å². The van der Waals surface area contributed by atoms with Crippen molar-refractivity contribution in [3.63, 3.8) is 0 Å². The lowest BCUT2D eigenvalue weighted by atomic mass is 10.0. The smallest absolute Gasteiger partial charge is 0.0704 e. The number of hydrogen-bond donors (Lipinski definition) is 1. The summed E-state index contributed by atoms with van der Waals surface area (Å²) in [5.74, 6) is 0. The first-order valence-corrected chi connectivity index (χ1v) is 8.04. The van der Waals surface area contributed by atoms with E-state index in [0.717, 1.165) is 26.1 Å². The van der Waals surface area contributed by atoms with E-state index < -0.39 is 0 Å². The second-order valence-electron chi connectivity index (χ2n) is 5.99. The molecule has 1 aromatic carbocycles. The van der Waals surface area contributed by atoms with Gasteiger partial charge < -0.3 is 14.8 Å². The number of anilines is 1. The molecular weight excluding hydrogens is 264 g/mol. The number of fused-ring (bicyclic) bond motifs is 1.